The maximum absolute atomic E-state index is 5.54. The van der Waals surface area contributed by atoms with Crippen LogP contribution in [0.25, 0.3) is 0 Å². The first kappa shape index (κ1) is 6.40. The summed E-state index contributed by atoms with van der Waals surface area (Å²) in [6.07, 6.45) is 2.40. The third-order valence-corrected chi connectivity index (χ3v) is 2.64. The van der Waals surface area contributed by atoms with Crippen molar-refractivity contribution < 1.29 is 14.2 Å². The highest BCUT2D eigenvalue weighted by molar-refractivity contribution is 4.88. The van der Waals surface area contributed by atoms with E-state index in [0.717, 1.165) is 19.8 Å². The molecule has 0 aromatic carbocycles. The Morgan fingerprint density at radius 2 is 1.45 bits per heavy atom. The fourth-order valence-corrected chi connectivity index (χ4v) is 1.76. The van der Waals surface area contributed by atoms with Gasteiger partial charge < -0.3 is 14.2 Å². The molecule has 0 aromatic heterocycles. The third-order valence-electron chi connectivity index (χ3n) is 2.64. The molecule has 4 aliphatic rings. The van der Waals surface area contributed by atoms with Gasteiger partial charge in [-0.3, -0.25) is 0 Å². The fourth-order valence-electron chi connectivity index (χ4n) is 1.76. The van der Waals surface area contributed by atoms with E-state index in [1.54, 1.807) is 0 Å². The summed E-state index contributed by atoms with van der Waals surface area (Å²) in [6, 6.07) is 0. The van der Waals surface area contributed by atoms with Crippen molar-refractivity contribution in [2.75, 3.05) is 19.8 Å². The molecule has 0 amide bonds. The summed E-state index contributed by atoms with van der Waals surface area (Å²) in [6.45, 7) is 2.49. The van der Waals surface area contributed by atoms with Crippen molar-refractivity contribution in [2.24, 2.45) is 11.8 Å². The van der Waals surface area contributed by atoms with Crippen LogP contribution in [0.1, 0.15) is 12.8 Å². The van der Waals surface area contributed by atoms with Crippen LogP contribution in [-0.4, -0.2) is 25.8 Å². The Morgan fingerprint density at radius 3 is 1.91 bits per heavy atom. The van der Waals surface area contributed by atoms with Crippen molar-refractivity contribution in [2.45, 2.75) is 18.8 Å². The number of hydrogen-bond donors (Lipinski definition) is 0. The molecule has 4 rings (SSSR count). The molecule has 3 saturated heterocycles. The lowest BCUT2D eigenvalue weighted by Crippen LogP contribution is -2.55. The topological polar surface area (TPSA) is 27.7 Å². The zero-order valence-electron chi connectivity index (χ0n) is 6.41. The van der Waals surface area contributed by atoms with Crippen molar-refractivity contribution in [1.29, 1.82) is 0 Å². The van der Waals surface area contributed by atoms with E-state index in [2.05, 4.69) is 0 Å². The summed E-state index contributed by atoms with van der Waals surface area (Å²) in [7, 11) is 0. The second-order valence-electron chi connectivity index (χ2n) is 3.68. The zero-order chi connectivity index (χ0) is 7.31. The SMILES string of the molecule is C1OC2(C3CC3)OCC1CO2. The molecular weight excluding hydrogens is 144 g/mol. The van der Waals surface area contributed by atoms with Gasteiger partial charge in [-0.1, -0.05) is 0 Å². The largest absolute Gasteiger partial charge is 0.327 e. The summed E-state index contributed by atoms with van der Waals surface area (Å²) < 4.78 is 16.6. The quantitative estimate of drug-likeness (QED) is 0.560. The molecule has 3 heterocycles. The summed E-state index contributed by atoms with van der Waals surface area (Å²) >= 11 is 0. The van der Waals surface area contributed by atoms with E-state index in [4.69, 9.17) is 14.2 Å². The molecule has 11 heavy (non-hydrogen) atoms. The van der Waals surface area contributed by atoms with E-state index in [1.807, 2.05) is 0 Å². The van der Waals surface area contributed by atoms with E-state index in [-0.39, 0.29) is 0 Å². The second-order valence-corrected chi connectivity index (χ2v) is 3.68. The van der Waals surface area contributed by atoms with Crippen LogP contribution in [0.4, 0.5) is 0 Å². The minimum absolute atomic E-state index is 0.482. The van der Waals surface area contributed by atoms with Gasteiger partial charge >= 0.3 is 0 Å². The Bertz CT molecular complexity index is 154. The molecule has 0 spiro atoms. The van der Waals surface area contributed by atoms with Gasteiger partial charge in [0, 0.05) is 11.8 Å². The van der Waals surface area contributed by atoms with Gasteiger partial charge in [-0.15, -0.1) is 0 Å². The van der Waals surface area contributed by atoms with E-state index in [0.29, 0.717) is 11.8 Å². The van der Waals surface area contributed by atoms with Crippen LogP contribution in [-0.2, 0) is 14.2 Å². The lowest BCUT2D eigenvalue weighted by molar-refractivity contribution is -0.457. The van der Waals surface area contributed by atoms with Crippen LogP contribution >= 0.6 is 0 Å². The Balaban J connectivity index is 1.83. The predicted octanol–water partition coefficient (Wildman–Crippen LogP) is 0.743. The van der Waals surface area contributed by atoms with Crippen molar-refractivity contribution in [3.05, 3.63) is 0 Å². The average Bonchev–Trinajstić information content (AvgIpc) is 2.90. The van der Waals surface area contributed by atoms with Gasteiger partial charge in [-0.2, -0.15) is 0 Å². The smallest absolute Gasteiger partial charge is 0.285 e. The molecule has 0 atom stereocenters. The molecule has 1 saturated carbocycles. The van der Waals surface area contributed by atoms with Crippen molar-refractivity contribution in [3.8, 4) is 0 Å². The average molecular weight is 156 g/mol. The first-order chi connectivity index (χ1) is 5.39. The molecule has 0 radical (unpaired) electrons. The van der Waals surface area contributed by atoms with Crippen LogP contribution in [0.2, 0.25) is 0 Å². The number of hydrogen-bond acceptors (Lipinski definition) is 3. The van der Waals surface area contributed by atoms with Gasteiger partial charge in [0.05, 0.1) is 19.8 Å². The van der Waals surface area contributed by atoms with E-state index in [1.165, 1.54) is 12.8 Å². The van der Waals surface area contributed by atoms with E-state index in [9.17, 15) is 0 Å². The molecule has 4 fully saturated rings. The van der Waals surface area contributed by atoms with Gasteiger partial charge in [0.2, 0.25) is 0 Å². The monoisotopic (exact) mass is 156 g/mol. The second kappa shape index (κ2) is 1.97. The number of fused-ring (bicyclic) bond motifs is 3. The van der Waals surface area contributed by atoms with Crippen molar-refractivity contribution >= 4 is 0 Å². The van der Waals surface area contributed by atoms with E-state index < -0.39 is 5.97 Å². The Kier molecular flexibility index (Phi) is 1.15. The van der Waals surface area contributed by atoms with Crippen LogP contribution < -0.4 is 0 Å². The highest BCUT2D eigenvalue weighted by atomic mass is 16.9. The Hall–Kier alpha value is -0.120. The van der Waals surface area contributed by atoms with Gasteiger partial charge in [0.25, 0.3) is 5.97 Å². The van der Waals surface area contributed by atoms with Gasteiger partial charge in [-0.05, 0) is 12.8 Å². The summed E-state index contributed by atoms with van der Waals surface area (Å²) in [5.41, 5.74) is 0. The molecule has 3 heteroatoms. The minimum Gasteiger partial charge on any atom is -0.327 e. The van der Waals surface area contributed by atoms with Crippen molar-refractivity contribution in [3.63, 3.8) is 0 Å². The molecular formula is C8H12O3. The first-order valence-corrected chi connectivity index (χ1v) is 4.31. The zero-order valence-corrected chi connectivity index (χ0v) is 6.41. The standard InChI is InChI=1S/C8H12O3/c1-2-7(1)8-9-3-6(4-10-8)5-11-8/h6-7H,1-5H2. The number of rotatable bonds is 1. The summed E-state index contributed by atoms with van der Waals surface area (Å²) in [4.78, 5) is 0. The molecule has 0 aromatic rings. The maximum atomic E-state index is 5.54. The molecule has 0 unspecified atom stereocenters. The van der Waals surface area contributed by atoms with Gasteiger partial charge in [0.1, 0.15) is 0 Å². The van der Waals surface area contributed by atoms with Crippen molar-refractivity contribution in [1.82, 2.24) is 0 Å². The molecule has 3 nitrogen and oxygen atoms in total. The fraction of sp³-hybridized carbons (Fsp3) is 1.00. The molecule has 1 aliphatic carbocycles. The lowest BCUT2D eigenvalue weighted by atomic mass is 10.1. The normalized spacial score (nSPS) is 49.6. The van der Waals surface area contributed by atoms with Crippen LogP contribution in [0, 0.1) is 11.8 Å². The predicted molar refractivity (Wildman–Crippen MR) is 36.8 cm³/mol. The van der Waals surface area contributed by atoms with Crippen LogP contribution in [0.15, 0.2) is 0 Å². The molecule has 3 aliphatic heterocycles. The van der Waals surface area contributed by atoms with Gasteiger partial charge in [0.15, 0.2) is 0 Å². The maximum Gasteiger partial charge on any atom is 0.285 e. The lowest BCUT2D eigenvalue weighted by Gasteiger charge is -2.45. The molecule has 62 valence electrons. The Morgan fingerprint density at radius 1 is 0.909 bits per heavy atom. The Labute approximate surface area is 65.6 Å². The highest BCUT2D eigenvalue weighted by Crippen LogP contribution is 2.47. The molecule has 0 N–H and O–H groups in total. The van der Waals surface area contributed by atoms with Crippen LogP contribution in [0.5, 0.6) is 0 Å². The summed E-state index contributed by atoms with van der Waals surface area (Å²) in [5.74, 6) is 0.397. The van der Waals surface area contributed by atoms with Gasteiger partial charge in [-0.25, -0.2) is 0 Å². The number of ether oxygens (including phenoxy) is 3. The highest BCUT2D eigenvalue weighted by Gasteiger charge is 2.54. The van der Waals surface area contributed by atoms with Crippen LogP contribution in [0.3, 0.4) is 0 Å². The minimum atomic E-state index is -0.602. The molecule has 2 bridgehead atoms. The third kappa shape index (κ3) is 0.849. The first-order valence-electron chi connectivity index (χ1n) is 4.31. The summed E-state index contributed by atoms with van der Waals surface area (Å²) in [5, 5.41) is 0. The van der Waals surface area contributed by atoms with E-state index >= 15 is 0 Å².